The molecule has 2 amide bonds. The standard InChI is InChI=1S/C17H9ClN2O3S2/c18-12-4-2-1-3-11(12)13-6-5-10(23-13)9-14-15(21)20(17(22)25-14)16-19-7-8-24-16/h1-9H/b14-9-. The third-order valence-electron chi connectivity index (χ3n) is 3.44. The number of carbonyl (C=O) groups excluding carboxylic acids is 2. The molecule has 0 bridgehead atoms. The topological polar surface area (TPSA) is 63.4 Å². The van der Waals surface area contributed by atoms with Crippen LogP contribution < -0.4 is 4.90 Å². The molecule has 5 nitrogen and oxygen atoms in total. The minimum absolute atomic E-state index is 0.292. The Morgan fingerprint density at radius 1 is 1.16 bits per heavy atom. The fourth-order valence-corrected chi connectivity index (χ4v) is 4.05. The molecule has 1 fully saturated rings. The molecule has 0 radical (unpaired) electrons. The number of anilines is 1. The second-order valence-corrected chi connectivity index (χ2v) is 7.29. The number of hydrogen-bond donors (Lipinski definition) is 0. The summed E-state index contributed by atoms with van der Waals surface area (Å²) in [4.78, 5) is 29.9. The molecule has 2 aromatic heterocycles. The van der Waals surface area contributed by atoms with Gasteiger partial charge in [-0.3, -0.25) is 9.59 Å². The molecule has 0 aliphatic carbocycles. The van der Waals surface area contributed by atoms with E-state index in [9.17, 15) is 9.59 Å². The van der Waals surface area contributed by atoms with Gasteiger partial charge in [-0.2, -0.15) is 0 Å². The number of hydrogen-bond acceptors (Lipinski definition) is 6. The van der Waals surface area contributed by atoms with E-state index in [0.29, 0.717) is 26.6 Å². The van der Waals surface area contributed by atoms with Crippen molar-refractivity contribution in [2.24, 2.45) is 0 Å². The average Bonchev–Trinajstić information content (AvgIpc) is 3.31. The molecule has 3 aromatic rings. The number of thioether (sulfide) groups is 1. The highest BCUT2D eigenvalue weighted by Gasteiger charge is 2.37. The first-order valence-electron chi connectivity index (χ1n) is 7.15. The van der Waals surface area contributed by atoms with Gasteiger partial charge in [0.1, 0.15) is 11.5 Å². The molecule has 1 aromatic carbocycles. The largest absolute Gasteiger partial charge is 0.457 e. The van der Waals surface area contributed by atoms with Crippen molar-refractivity contribution in [3.8, 4) is 11.3 Å². The van der Waals surface area contributed by atoms with Crippen LogP contribution in [0.4, 0.5) is 9.93 Å². The van der Waals surface area contributed by atoms with E-state index < -0.39 is 5.91 Å². The van der Waals surface area contributed by atoms with Crippen LogP contribution >= 0.6 is 34.7 Å². The van der Waals surface area contributed by atoms with Crippen molar-refractivity contribution >= 4 is 57.1 Å². The third-order valence-corrected chi connectivity index (χ3v) is 5.40. The van der Waals surface area contributed by atoms with E-state index in [1.807, 2.05) is 18.2 Å². The van der Waals surface area contributed by atoms with Crippen LogP contribution in [0.2, 0.25) is 5.02 Å². The minimum Gasteiger partial charge on any atom is -0.457 e. The maximum Gasteiger partial charge on any atom is 0.300 e. The Morgan fingerprint density at radius 3 is 2.76 bits per heavy atom. The maximum atomic E-state index is 12.5. The van der Waals surface area contributed by atoms with Crippen molar-refractivity contribution in [1.29, 1.82) is 0 Å². The van der Waals surface area contributed by atoms with E-state index in [2.05, 4.69) is 4.98 Å². The van der Waals surface area contributed by atoms with Gasteiger partial charge < -0.3 is 4.42 Å². The number of thiazole rings is 1. The smallest absolute Gasteiger partial charge is 0.300 e. The number of halogens is 1. The molecule has 25 heavy (non-hydrogen) atoms. The summed E-state index contributed by atoms with van der Waals surface area (Å²) in [5.41, 5.74) is 0.764. The zero-order valence-electron chi connectivity index (χ0n) is 12.5. The number of benzene rings is 1. The van der Waals surface area contributed by atoms with E-state index in [0.717, 1.165) is 22.2 Å². The Labute approximate surface area is 155 Å². The first-order chi connectivity index (χ1) is 12.1. The lowest BCUT2D eigenvalue weighted by Gasteiger charge is -2.06. The lowest BCUT2D eigenvalue weighted by Crippen LogP contribution is -2.27. The van der Waals surface area contributed by atoms with Crippen molar-refractivity contribution < 1.29 is 14.0 Å². The minimum atomic E-state index is -0.402. The summed E-state index contributed by atoms with van der Waals surface area (Å²) in [5, 5.41) is 2.28. The third kappa shape index (κ3) is 3.02. The predicted molar refractivity (Wildman–Crippen MR) is 99.7 cm³/mol. The molecule has 0 atom stereocenters. The number of furan rings is 1. The summed E-state index contributed by atoms with van der Waals surface area (Å²) in [6.45, 7) is 0. The maximum absolute atomic E-state index is 12.5. The van der Waals surface area contributed by atoms with Crippen LogP contribution in [0.15, 0.2) is 57.3 Å². The van der Waals surface area contributed by atoms with Crippen LogP contribution in [0.25, 0.3) is 17.4 Å². The number of aromatic nitrogens is 1. The second-order valence-electron chi connectivity index (χ2n) is 5.01. The Hall–Kier alpha value is -2.35. The van der Waals surface area contributed by atoms with E-state index >= 15 is 0 Å². The molecule has 1 saturated heterocycles. The molecule has 0 spiro atoms. The van der Waals surface area contributed by atoms with Crippen LogP contribution in [-0.4, -0.2) is 16.1 Å². The summed E-state index contributed by atoms with van der Waals surface area (Å²) in [7, 11) is 0. The zero-order chi connectivity index (χ0) is 17.4. The van der Waals surface area contributed by atoms with Crippen LogP contribution in [0.5, 0.6) is 0 Å². The lowest BCUT2D eigenvalue weighted by molar-refractivity contribution is -0.113. The molecule has 0 saturated carbocycles. The highest BCUT2D eigenvalue weighted by atomic mass is 35.5. The van der Waals surface area contributed by atoms with Crippen molar-refractivity contribution in [3.63, 3.8) is 0 Å². The van der Waals surface area contributed by atoms with E-state index in [4.69, 9.17) is 16.0 Å². The van der Waals surface area contributed by atoms with Gasteiger partial charge in [0.05, 0.1) is 9.93 Å². The zero-order valence-corrected chi connectivity index (χ0v) is 14.9. The monoisotopic (exact) mass is 388 g/mol. The first-order valence-corrected chi connectivity index (χ1v) is 9.23. The first kappa shape index (κ1) is 16.1. The highest BCUT2D eigenvalue weighted by molar-refractivity contribution is 8.19. The van der Waals surface area contributed by atoms with Gasteiger partial charge in [0, 0.05) is 23.2 Å². The summed E-state index contributed by atoms with van der Waals surface area (Å²) in [5.74, 6) is 0.663. The van der Waals surface area contributed by atoms with Crippen LogP contribution in [0.1, 0.15) is 5.76 Å². The number of nitrogens with zero attached hydrogens (tertiary/aromatic N) is 2. The molecule has 0 unspecified atom stereocenters. The number of rotatable bonds is 3. The van der Waals surface area contributed by atoms with Crippen LogP contribution in [0, 0.1) is 0 Å². The molecule has 8 heteroatoms. The highest BCUT2D eigenvalue weighted by Crippen LogP contribution is 2.37. The van der Waals surface area contributed by atoms with Gasteiger partial charge in [0.25, 0.3) is 11.1 Å². The number of carbonyl (C=O) groups is 2. The summed E-state index contributed by atoms with van der Waals surface area (Å²) >= 11 is 8.26. The van der Waals surface area contributed by atoms with Crippen molar-refractivity contribution in [1.82, 2.24) is 4.98 Å². The van der Waals surface area contributed by atoms with E-state index in [1.54, 1.807) is 35.9 Å². The Balaban J connectivity index is 1.63. The van der Waals surface area contributed by atoms with E-state index in [1.165, 1.54) is 11.3 Å². The Bertz CT molecular complexity index is 995. The van der Waals surface area contributed by atoms with Crippen molar-refractivity contribution in [3.05, 3.63) is 63.7 Å². The molecule has 0 N–H and O–H groups in total. The van der Waals surface area contributed by atoms with Gasteiger partial charge in [-0.05, 0) is 36.0 Å². The Kier molecular flexibility index (Phi) is 4.20. The predicted octanol–water partition coefficient (Wildman–Crippen LogP) is 5.30. The quantitative estimate of drug-likeness (QED) is 0.570. The molecule has 4 rings (SSSR count). The molecular weight excluding hydrogens is 380 g/mol. The second kappa shape index (κ2) is 6.51. The lowest BCUT2D eigenvalue weighted by atomic mass is 10.2. The summed E-state index contributed by atoms with van der Waals surface area (Å²) in [6.07, 6.45) is 3.11. The summed E-state index contributed by atoms with van der Waals surface area (Å²) in [6, 6.07) is 10.8. The van der Waals surface area contributed by atoms with Gasteiger partial charge in [0.2, 0.25) is 0 Å². The Morgan fingerprint density at radius 2 is 2.00 bits per heavy atom. The molecular formula is C17H9ClN2O3S2. The summed E-state index contributed by atoms with van der Waals surface area (Å²) < 4.78 is 5.75. The van der Waals surface area contributed by atoms with E-state index in [-0.39, 0.29) is 5.24 Å². The SMILES string of the molecule is O=C1S/C(=C\c2ccc(-c3ccccc3Cl)o2)C(=O)N1c1nccs1. The van der Waals surface area contributed by atoms with Gasteiger partial charge in [-0.15, -0.1) is 11.3 Å². The average molecular weight is 389 g/mol. The normalized spacial score (nSPS) is 16.2. The molecule has 124 valence electrons. The van der Waals surface area contributed by atoms with Crippen LogP contribution in [0.3, 0.4) is 0 Å². The van der Waals surface area contributed by atoms with Gasteiger partial charge in [-0.1, -0.05) is 23.7 Å². The fraction of sp³-hybridized carbons (Fsp3) is 0. The number of amides is 2. The van der Waals surface area contributed by atoms with Crippen molar-refractivity contribution in [2.45, 2.75) is 0 Å². The van der Waals surface area contributed by atoms with Crippen molar-refractivity contribution in [2.75, 3.05) is 4.90 Å². The molecule has 3 heterocycles. The molecule has 1 aliphatic rings. The number of imide groups is 1. The van der Waals surface area contributed by atoms with Gasteiger partial charge >= 0.3 is 0 Å². The van der Waals surface area contributed by atoms with Gasteiger partial charge in [-0.25, -0.2) is 9.88 Å². The molecule has 1 aliphatic heterocycles. The van der Waals surface area contributed by atoms with Gasteiger partial charge in [0.15, 0.2) is 5.13 Å². The van der Waals surface area contributed by atoms with Crippen LogP contribution in [-0.2, 0) is 4.79 Å². The fourth-order valence-electron chi connectivity index (χ4n) is 2.32.